The third-order valence-electron chi connectivity index (χ3n) is 4.65. The number of rotatable bonds is 4. The van der Waals surface area contributed by atoms with Crippen molar-refractivity contribution in [1.82, 2.24) is 0 Å². The molecule has 0 radical (unpaired) electrons. The first kappa shape index (κ1) is 18.4. The van der Waals surface area contributed by atoms with Crippen molar-refractivity contribution in [3.63, 3.8) is 0 Å². The lowest BCUT2D eigenvalue weighted by atomic mass is 10.1. The molecule has 0 spiro atoms. The molecule has 1 aliphatic heterocycles. The molecule has 1 atom stereocenters. The number of anilines is 2. The molecule has 142 valence electrons. The minimum Gasteiger partial charge on any atom is -0.459 e. The molecule has 1 aliphatic rings. The van der Waals surface area contributed by atoms with E-state index in [1.54, 1.807) is 23.9 Å². The molecule has 0 bridgehead atoms. The van der Waals surface area contributed by atoms with Crippen LogP contribution in [0.4, 0.5) is 11.4 Å². The first-order chi connectivity index (χ1) is 13.5. The highest BCUT2D eigenvalue weighted by molar-refractivity contribution is 8.00. The Morgan fingerprint density at radius 3 is 2.75 bits per heavy atom. The molecule has 1 fully saturated rings. The van der Waals surface area contributed by atoms with Crippen LogP contribution in [-0.2, 0) is 4.79 Å². The number of nitrogens with one attached hydrogen (secondary N) is 1. The molecule has 28 heavy (non-hydrogen) atoms. The molecule has 6 heteroatoms. The Morgan fingerprint density at radius 1 is 1.14 bits per heavy atom. The second kappa shape index (κ2) is 7.56. The maximum absolute atomic E-state index is 12.6. The van der Waals surface area contributed by atoms with Crippen LogP contribution in [0.1, 0.15) is 32.6 Å². The van der Waals surface area contributed by atoms with Gasteiger partial charge in [0, 0.05) is 11.4 Å². The molecular weight excluding hydrogens is 372 g/mol. The van der Waals surface area contributed by atoms with Crippen molar-refractivity contribution in [2.24, 2.45) is 0 Å². The summed E-state index contributed by atoms with van der Waals surface area (Å²) in [5, 5.41) is 2.72. The normalized spacial score (nSPS) is 16.4. The summed E-state index contributed by atoms with van der Waals surface area (Å²) in [5.41, 5.74) is 4.80. The first-order valence-electron chi connectivity index (χ1n) is 8.98. The fourth-order valence-corrected chi connectivity index (χ4v) is 4.54. The van der Waals surface area contributed by atoms with Crippen LogP contribution in [0.25, 0.3) is 0 Å². The molecule has 1 saturated heterocycles. The van der Waals surface area contributed by atoms with Gasteiger partial charge in [-0.3, -0.25) is 14.5 Å². The maximum atomic E-state index is 12.6. The van der Waals surface area contributed by atoms with Gasteiger partial charge in [0.2, 0.25) is 5.91 Å². The molecule has 4 rings (SSSR count). The van der Waals surface area contributed by atoms with Crippen molar-refractivity contribution < 1.29 is 14.0 Å². The molecule has 1 aromatic heterocycles. The van der Waals surface area contributed by atoms with Gasteiger partial charge in [0.25, 0.3) is 5.91 Å². The number of thioether (sulfide) groups is 1. The van der Waals surface area contributed by atoms with Crippen LogP contribution < -0.4 is 10.2 Å². The highest BCUT2D eigenvalue weighted by atomic mass is 32.2. The van der Waals surface area contributed by atoms with E-state index in [0.717, 1.165) is 16.8 Å². The van der Waals surface area contributed by atoms with E-state index in [-0.39, 0.29) is 22.9 Å². The highest BCUT2D eigenvalue weighted by Crippen LogP contribution is 2.43. The Balaban J connectivity index is 1.62. The van der Waals surface area contributed by atoms with Gasteiger partial charge in [0.05, 0.1) is 12.0 Å². The number of carbonyl (C=O) groups is 2. The third-order valence-corrected chi connectivity index (χ3v) is 5.87. The minimum atomic E-state index is -0.302. The van der Waals surface area contributed by atoms with Crippen molar-refractivity contribution in [3.05, 3.63) is 83.3 Å². The predicted molar refractivity (Wildman–Crippen MR) is 112 cm³/mol. The van der Waals surface area contributed by atoms with Gasteiger partial charge in [-0.15, -0.1) is 11.8 Å². The SMILES string of the molecule is Cc1ccc(N2C(=O)CSC2c2cccc(NC(=O)c3ccco3)c2)c(C)c1. The summed E-state index contributed by atoms with van der Waals surface area (Å²) in [6.07, 6.45) is 1.47. The number of carbonyl (C=O) groups excluding carboxylic acids is 2. The van der Waals surface area contributed by atoms with Gasteiger partial charge >= 0.3 is 0 Å². The highest BCUT2D eigenvalue weighted by Gasteiger charge is 2.34. The number of furan rings is 1. The second-order valence-electron chi connectivity index (χ2n) is 6.77. The monoisotopic (exact) mass is 392 g/mol. The number of hydrogen-bond acceptors (Lipinski definition) is 4. The molecule has 2 heterocycles. The van der Waals surface area contributed by atoms with Crippen LogP contribution >= 0.6 is 11.8 Å². The van der Waals surface area contributed by atoms with Crippen LogP contribution in [-0.4, -0.2) is 17.6 Å². The van der Waals surface area contributed by atoms with Gasteiger partial charge in [-0.25, -0.2) is 0 Å². The quantitative estimate of drug-likeness (QED) is 0.684. The summed E-state index contributed by atoms with van der Waals surface area (Å²) >= 11 is 1.59. The average Bonchev–Trinajstić information content (AvgIpc) is 3.32. The van der Waals surface area contributed by atoms with E-state index < -0.39 is 0 Å². The minimum absolute atomic E-state index is 0.0898. The lowest BCUT2D eigenvalue weighted by molar-refractivity contribution is -0.115. The molecule has 2 amide bonds. The molecule has 0 aliphatic carbocycles. The van der Waals surface area contributed by atoms with Crippen molar-refractivity contribution in [1.29, 1.82) is 0 Å². The fraction of sp³-hybridized carbons (Fsp3) is 0.182. The Morgan fingerprint density at radius 2 is 2.00 bits per heavy atom. The summed E-state index contributed by atoms with van der Waals surface area (Å²) in [4.78, 5) is 26.7. The second-order valence-corrected chi connectivity index (χ2v) is 7.84. The third kappa shape index (κ3) is 3.55. The molecule has 5 nitrogen and oxygen atoms in total. The zero-order valence-electron chi connectivity index (χ0n) is 15.6. The van der Waals surface area contributed by atoms with Crippen molar-refractivity contribution in [2.75, 3.05) is 16.0 Å². The Hall–Kier alpha value is -2.99. The summed E-state index contributed by atoms with van der Waals surface area (Å²) in [6, 6.07) is 17.0. The van der Waals surface area contributed by atoms with Crippen LogP contribution in [0.15, 0.2) is 65.3 Å². The predicted octanol–water partition coefficient (Wildman–Crippen LogP) is 4.93. The van der Waals surface area contributed by atoms with Gasteiger partial charge in [-0.1, -0.05) is 29.8 Å². The molecular formula is C22H20N2O3S. The van der Waals surface area contributed by atoms with Gasteiger partial charge < -0.3 is 9.73 Å². The van der Waals surface area contributed by atoms with Crippen molar-refractivity contribution in [3.8, 4) is 0 Å². The molecule has 3 aromatic rings. The standard InChI is InChI=1S/C22H20N2O3S/c1-14-8-9-18(15(2)11-14)24-20(25)13-28-22(24)16-5-3-6-17(12-16)23-21(26)19-7-4-10-27-19/h3-12,22H,13H2,1-2H3,(H,23,26). The number of amides is 2. The van der Waals surface area contributed by atoms with Crippen LogP contribution in [0.5, 0.6) is 0 Å². The van der Waals surface area contributed by atoms with Gasteiger partial charge in [0.1, 0.15) is 5.37 Å². The van der Waals surface area contributed by atoms with E-state index in [1.807, 2.05) is 55.1 Å². The summed E-state index contributed by atoms with van der Waals surface area (Å²) < 4.78 is 5.14. The molecule has 1 unspecified atom stereocenters. The van der Waals surface area contributed by atoms with E-state index in [2.05, 4.69) is 11.4 Å². The van der Waals surface area contributed by atoms with E-state index in [1.165, 1.54) is 11.8 Å². The van der Waals surface area contributed by atoms with Crippen LogP contribution in [0.3, 0.4) is 0 Å². The van der Waals surface area contributed by atoms with Crippen molar-refractivity contribution >= 4 is 35.0 Å². The Kier molecular flexibility index (Phi) is 4.96. The number of aryl methyl sites for hydroxylation is 2. The smallest absolute Gasteiger partial charge is 0.291 e. The van der Waals surface area contributed by atoms with Gasteiger partial charge in [0.15, 0.2) is 5.76 Å². The van der Waals surface area contributed by atoms with Crippen LogP contribution in [0, 0.1) is 13.8 Å². The zero-order chi connectivity index (χ0) is 19.7. The largest absolute Gasteiger partial charge is 0.459 e. The van der Waals surface area contributed by atoms with E-state index in [0.29, 0.717) is 11.4 Å². The topological polar surface area (TPSA) is 62.6 Å². The summed E-state index contributed by atoms with van der Waals surface area (Å²) in [7, 11) is 0. The van der Waals surface area contributed by atoms with Crippen LogP contribution in [0.2, 0.25) is 0 Å². The Bertz CT molecular complexity index is 1030. The van der Waals surface area contributed by atoms with Gasteiger partial charge in [-0.05, 0) is 55.3 Å². The summed E-state index contributed by atoms with van der Waals surface area (Å²) in [6.45, 7) is 4.07. The lowest BCUT2D eigenvalue weighted by Gasteiger charge is -2.26. The van der Waals surface area contributed by atoms with E-state index in [9.17, 15) is 9.59 Å². The average molecular weight is 392 g/mol. The van der Waals surface area contributed by atoms with Crippen molar-refractivity contribution in [2.45, 2.75) is 19.2 Å². The number of nitrogens with zero attached hydrogens (tertiary/aromatic N) is 1. The number of benzene rings is 2. The molecule has 0 saturated carbocycles. The van der Waals surface area contributed by atoms with Gasteiger partial charge in [-0.2, -0.15) is 0 Å². The Labute approximate surface area is 167 Å². The lowest BCUT2D eigenvalue weighted by Crippen LogP contribution is -2.28. The fourth-order valence-electron chi connectivity index (χ4n) is 3.38. The molecule has 2 aromatic carbocycles. The van der Waals surface area contributed by atoms with E-state index >= 15 is 0 Å². The van der Waals surface area contributed by atoms with E-state index in [4.69, 9.17) is 4.42 Å². The first-order valence-corrected chi connectivity index (χ1v) is 10.0. The maximum Gasteiger partial charge on any atom is 0.291 e. The molecule has 1 N–H and O–H groups in total. The summed E-state index contributed by atoms with van der Waals surface area (Å²) in [5.74, 6) is 0.476. The zero-order valence-corrected chi connectivity index (χ0v) is 16.5. The number of hydrogen-bond donors (Lipinski definition) is 1.